The van der Waals surface area contributed by atoms with Crippen LogP contribution in [-0.2, 0) is 17.4 Å². The van der Waals surface area contributed by atoms with Gasteiger partial charge in [0.15, 0.2) is 0 Å². The topological polar surface area (TPSA) is 61.4 Å². The Bertz CT molecular complexity index is 1790. The van der Waals surface area contributed by atoms with Gasteiger partial charge in [0.05, 0.1) is 23.1 Å². The van der Waals surface area contributed by atoms with Crippen molar-refractivity contribution < 1.29 is 27.2 Å². The molecule has 244 valence electrons. The quantitative estimate of drug-likeness (QED) is 0.206. The molecule has 0 radical (unpaired) electrons. The van der Waals surface area contributed by atoms with Gasteiger partial charge >= 0.3 is 6.18 Å². The molecule has 2 atom stereocenters. The molecule has 1 fully saturated rings. The van der Waals surface area contributed by atoms with Gasteiger partial charge in [0, 0.05) is 23.1 Å². The molecule has 1 saturated carbocycles. The highest BCUT2D eigenvalue weighted by molar-refractivity contribution is 6.09. The SMILES string of the molecule is Cc1ccc2c(c1)C[C@H](C(=O)Nc1ccc(C)c(C(F)(F)F)c1)[C@H](c1ccc(NC3CCCC3)cc1)N2C(=O)c1c(C)cccc1F. The molecule has 0 aromatic heterocycles. The number of carbonyl (C=O) groups excluding carboxylic acids is 2. The second kappa shape index (κ2) is 12.9. The number of amides is 2. The van der Waals surface area contributed by atoms with Crippen LogP contribution in [0.15, 0.2) is 78.9 Å². The third-order valence-corrected chi connectivity index (χ3v) is 9.37. The van der Waals surface area contributed by atoms with E-state index in [0.717, 1.165) is 30.2 Å². The Hall–Kier alpha value is -4.66. The fourth-order valence-electron chi connectivity index (χ4n) is 6.99. The molecule has 0 saturated heterocycles. The number of carbonyl (C=O) groups is 2. The van der Waals surface area contributed by atoms with E-state index in [1.54, 1.807) is 13.0 Å². The van der Waals surface area contributed by atoms with Gasteiger partial charge in [0.25, 0.3) is 5.91 Å². The van der Waals surface area contributed by atoms with Crippen molar-refractivity contribution in [3.63, 3.8) is 0 Å². The monoisotopic (exact) mass is 643 g/mol. The number of alkyl halides is 3. The van der Waals surface area contributed by atoms with Gasteiger partial charge in [-0.25, -0.2) is 4.39 Å². The third-order valence-electron chi connectivity index (χ3n) is 9.37. The lowest BCUT2D eigenvalue weighted by molar-refractivity contribution is -0.138. The Morgan fingerprint density at radius 1 is 0.830 bits per heavy atom. The summed E-state index contributed by atoms with van der Waals surface area (Å²) in [5.41, 5.74) is 3.29. The lowest BCUT2D eigenvalue weighted by atomic mass is 9.80. The Labute approximate surface area is 272 Å². The summed E-state index contributed by atoms with van der Waals surface area (Å²) in [6, 6.07) is 20.7. The van der Waals surface area contributed by atoms with E-state index < -0.39 is 41.3 Å². The van der Waals surface area contributed by atoms with Crippen LogP contribution in [0.5, 0.6) is 0 Å². The molecular formula is C38H37F4N3O2. The third kappa shape index (κ3) is 6.62. The van der Waals surface area contributed by atoms with Crippen LogP contribution in [0, 0.1) is 32.5 Å². The van der Waals surface area contributed by atoms with Gasteiger partial charge < -0.3 is 10.6 Å². The summed E-state index contributed by atoms with van der Waals surface area (Å²) < 4.78 is 56.6. The van der Waals surface area contributed by atoms with Gasteiger partial charge in [-0.15, -0.1) is 0 Å². The van der Waals surface area contributed by atoms with Crippen molar-refractivity contribution in [3.8, 4) is 0 Å². The first-order valence-corrected chi connectivity index (χ1v) is 15.9. The molecule has 4 aromatic carbocycles. The summed E-state index contributed by atoms with van der Waals surface area (Å²) >= 11 is 0. The molecule has 1 heterocycles. The van der Waals surface area contributed by atoms with Gasteiger partial charge in [-0.05, 0) is 98.7 Å². The number of hydrogen-bond acceptors (Lipinski definition) is 3. The predicted octanol–water partition coefficient (Wildman–Crippen LogP) is 9.32. The highest BCUT2D eigenvalue weighted by Crippen LogP contribution is 2.45. The number of nitrogens with zero attached hydrogens (tertiary/aromatic N) is 1. The van der Waals surface area contributed by atoms with E-state index in [-0.39, 0.29) is 23.2 Å². The Balaban J connectivity index is 1.46. The second-order valence-electron chi connectivity index (χ2n) is 12.8. The molecule has 47 heavy (non-hydrogen) atoms. The van der Waals surface area contributed by atoms with Crippen LogP contribution in [0.2, 0.25) is 0 Å². The summed E-state index contributed by atoms with van der Waals surface area (Å²) in [5, 5.41) is 6.27. The molecule has 2 amide bonds. The van der Waals surface area contributed by atoms with E-state index in [0.29, 0.717) is 28.4 Å². The maximum Gasteiger partial charge on any atom is 0.416 e. The molecule has 0 bridgehead atoms. The van der Waals surface area contributed by atoms with Crippen molar-refractivity contribution in [3.05, 3.63) is 124 Å². The Kier molecular flexibility index (Phi) is 8.83. The molecule has 9 heteroatoms. The average molecular weight is 644 g/mol. The highest BCUT2D eigenvalue weighted by atomic mass is 19.4. The smallest absolute Gasteiger partial charge is 0.382 e. The first-order chi connectivity index (χ1) is 22.4. The molecule has 2 N–H and O–H groups in total. The van der Waals surface area contributed by atoms with E-state index in [4.69, 9.17) is 0 Å². The second-order valence-corrected chi connectivity index (χ2v) is 12.8. The van der Waals surface area contributed by atoms with E-state index in [9.17, 15) is 22.8 Å². The average Bonchev–Trinajstić information content (AvgIpc) is 3.54. The van der Waals surface area contributed by atoms with Crippen molar-refractivity contribution in [2.24, 2.45) is 5.92 Å². The lowest BCUT2D eigenvalue weighted by Crippen LogP contribution is -2.47. The Morgan fingerprint density at radius 3 is 2.21 bits per heavy atom. The van der Waals surface area contributed by atoms with Gasteiger partial charge in [-0.3, -0.25) is 14.5 Å². The first kappa shape index (κ1) is 32.3. The van der Waals surface area contributed by atoms with E-state index in [1.165, 1.54) is 48.9 Å². The van der Waals surface area contributed by atoms with Crippen molar-refractivity contribution in [2.45, 2.75) is 71.1 Å². The zero-order chi connectivity index (χ0) is 33.5. The molecule has 0 spiro atoms. The fourth-order valence-corrected chi connectivity index (χ4v) is 6.99. The van der Waals surface area contributed by atoms with Crippen LogP contribution in [0.1, 0.15) is 75.5 Å². The summed E-state index contributed by atoms with van der Waals surface area (Å²) in [4.78, 5) is 30.2. The first-order valence-electron chi connectivity index (χ1n) is 15.9. The van der Waals surface area contributed by atoms with E-state index in [1.807, 2.05) is 49.4 Å². The Morgan fingerprint density at radius 2 is 1.53 bits per heavy atom. The zero-order valence-electron chi connectivity index (χ0n) is 26.5. The minimum Gasteiger partial charge on any atom is -0.382 e. The molecule has 0 unspecified atom stereocenters. The van der Waals surface area contributed by atoms with Crippen LogP contribution in [0.25, 0.3) is 0 Å². The largest absolute Gasteiger partial charge is 0.416 e. The van der Waals surface area contributed by atoms with Crippen LogP contribution in [-0.4, -0.2) is 17.9 Å². The highest BCUT2D eigenvalue weighted by Gasteiger charge is 2.43. The number of benzene rings is 4. The van der Waals surface area contributed by atoms with Crippen LogP contribution in [0.3, 0.4) is 0 Å². The van der Waals surface area contributed by atoms with Gasteiger partial charge in [0.1, 0.15) is 5.82 Å². The number of aryl methyl sites for hydroxylation is 3. The number of hydrogen-bond donors (Lipinski definition) is 2. The predicted molar refractivity (Wildman–Crippen MR) is 176 cm³/mol. The fraction of sp³-hybridized carbons (Fsp3) is 0.316. The molecule has 4 aromatic rings. The number of nitrogens with one attached hydrogen (secondary N) is 2. The molecule has 1 aliphatic heterocycles. The molecule has 1 aliphatic carbocycles. The standard InChI is InChI=1S/C38H37F4N3O2/c1-22-11-18-33-26(19-22)20-30(36(46)44-29-15-12-23(2)31(21-29)38(40,41)42)35(45(33)37(47)34-24(3)7-6-10-32(34)39)25-13-16-28(17-14-25)43-27-8-4-5-9-27/h6-7,10-19,21,27,30,35,43H,4-5,8-9,20H2,1-3H3,(H,44,46)/t30-,35-/m0/s1. The van der Waals surface area contributed by atoms with Gasteiger partial charge in [0.2, 0.25) is 5.91 Å². The summed E-state index contributed by atoms with van der Waals surface area (Å²) in [7, 11) is 0. The normalized spacial score (nSPS) is 18.1. The number of halogens is 4. The molecule has 5 nitrogen and oxygen atoms in total. The maximum absolute atomic E-state index is 15.4. The molecular weight excluding hydrogens is 606 g/mol. The molecule has 2 aliphatic rings. The van der Waals surface area contributed by atoms with Crippen molar-refractivity contribution >= 4 is 28.9 Å². The van der Waals surface area contributed by atoms with E-state index in [2.05, 4.69) is 10.6 Å². The summed E-state index contributed by atoms with van der Waals surface area (Å²) in [6.45, 7) is 4.93. The van der Waals surface area contributed by atoms with Crippen LogP contribution >= 0.6 is 0 Å². The number of rotatable bonds is 6. The van der Waals surface area contributed by atoms with Gasteiger partial charge in [-0.2, -0.15) is 13.2 Å². The summed E-state index contributed by atoms with van der Waals surface area (Å²) in [6.07, 6.45) is 0.138. The zero-order valence-corrected chi connectivity index (χ0v) is 26.5. The van der Waals surface area contributed by atoms with Crippen molar-refractivity contribution in [1.82, 2.24) is 0 Å². The minimum absolute atomic E-state index is 0.000602. The lowest BCUT2D eigenvalue weighted by Gasteiger charge is -2.42. The van der Waals surface area contributed by atoms with Crippen molar-refractivity contribution in [2.75, 3.05) is 15.5 Å². The van der Waals surface area contributed by atoms with Crippen LogP contribution < -0.4 is 15.5 Å². The number of fused-ring (bicyclic) bond motifs is 1. The van der Waals surface area contributed by atoms with E-state index >= 15 is 4.39 Å². The molecule has 6 rings (SSSR count). The van der Waals surface area contributed by atoms with Crippen LogP contribution in [0.4, 0.5) is 34.6 Å². The van der Waals surface area contributed by atoms with Crippen molar-refractivity contribution in [1.29, 1.82) is 0 Å². The number of anilines is 3. The van der Waals surface area contributed by atoms with Gasteiger partial charge in [-0.1, -0.05) is 60.9 Å². The summed E-state index contributed by atoms with van der Waals surface area (Å²) in [5.74, 6) is -2.74. The minimum atomic E-state index is -4.59. The maximum atomic E-state index is 15.4.